The molecule has 3 nitrogen and oxygen atoms in total. The molecule has 0 bridgehead atoms. The van der Waals surface area contributed by atoms with Crippen molar-refractivity contribution >= 4 is 58.1 Å². The maximum Gasteiger partial charge on any atom is 0.501 e. The van der Waals surface area contributed by atoms with E-state index in [2.05, 4.69) is 33.5 Å². The van der Waals surface area contributed by atoms with Gasteiger partial charge in [0.1, 0.15) is 0 Å². The molecule has 28 heavy (non-hydrogen) atoms. The van der Waals surface area contributed by atoms with Gasteiger partial charge in [-0.3, -0.25) is 0 Å². The first-order valence-corrected chi connectivity index (χ1v) is 21.5. The molecule has 0 aliphatic heterocycles. The van der Waals surface area contributed by atoms with E-state index < -0.39 is 16.9 Å². The van der Waals surface area contributed by atoms with Gasteiger partial charge in [0.2, 0.25) is 0 Å². The Kier molecular flexibility index (Phi) is 18.3. The smallest absolute Gasteiger partial charge is 0.374 e. The highest BCUT2D eigenvalue weighted by Gasteiger charge is 2.41. The summed E-state index contributed by atoms with van der Waals surface area (Å²) in [6.45, 7) is 20.2. The first kappa shape index (κ1) is 29.7. The Bertz CT molecular complexity index is 357. The van der Waals surface area contributed by atoms with Crippen molar-refractivity contribution < 1.29 is 13.3 Å². The van der Waals surface area contributed by atoms with Crippen LogP contribution in [0.25, 0.3) is 0 Å². The van der Waals surface area contributed by atoms with E-state index in [1.165, 1.54) is 30.4 Å². The Hall–Kier alpha value is 1.71. The average Bonchev–Trinajstić information content (AvgIpc) is 2.56. The lowest BCUT2D eigenvalue weighted by atomic mass is 10.2. The third kappa shape index (κ3) is 16.4. The fourth-order valence-electron chi connectivity index (χ4n) is 3.24. The van der Waals surface area contributed by atoms with Gasteiger partial charge in [-0.25, -0.2) is 0 Å². The second-order valence-corrected chi connectivity index (χ2v) is 22.9. The van der Waals surface area contributed by atoms with Gasteiger partial charge in [-0.15, -0.1) is 0 Å². The maximum absolute atomic E-state index is 5.98. The second kappa shape index (κ2) is 17.3. The molecule has 9 heteroatoms. The Morgan fingerprint density at radius 2 is 1.07 bits per heavy atom. The summed E-state index contributed by atoms with van der Waals surface area (Å²) in [7, 11) is 4.47. The molecule has 0 aromatic carbocycles. The predicted octanol–water partition coefficient (Wildman–Crippen LogP) is 8.10. The maximum atomic E-state index is 5.98. The number of hydrogen-bond acceptors (Lipinski definition) is 7. The fraction of sp³-hybridized carbons (Fsp3) is 1.00. The van der Waals surface area contributed by atoms with Crippen molar-refractivity contribution in [3.8, 4) is 0 Å². The molecular formula is C19H44O3S4Si2. The summed E-state index contributed by atoms with van der Waals surface area (Å²) in [5.41, 5.74) is 0. The largest absolute Gasteiger partial charge is 0.501 e. The lowest BCUT2D eigenvalue weighted by molar-refractivity contribution is 0.0675. The monoisotopic (exact) mass is 504 g/mol. The topological polar surface area (TPSA) is 27.7 Å². The van der Waals surface area contributed by atoms with Crippen LogP contribution in [0.15, 0.2) is 0 Å². The molecular weight excluding hydrogens is 461 g/mol. The summed E-state index contributed by atoms with van der Waals surface area (Å²) in [6, 6.07) is 2.37. The predicted molar refractivity (Wildman–Crippen MR) is 141 cm³/mol. The van der Waals surface area contributed by atoms with Crippen LogP contribution >= 0.6 is 41.2 Å². The molecule has 0 spiro atoms. The highest BCUT2D eigenvalue weighted by Crippen LogP contribution is 2.44. The third-order valence-corrected chi connectivity index (χ3v) is 16.0. The zero-order valence-corrected chi connectivity index (χ0v) is 24.6. The Balaban J connectivity index is 3.89. The van der Waals surface area contributed by atoms with Gasteiger partial charge in [0.15, 0.2) is 0 Å². The average molecular weight is 505 g/mol. The minimum atomic E-state index is -2.50. The summed E-state index contributed by atoms with van der Waals surface area (Å²) in [4.78, 5) is 0. The van der Waals surface area contributed by atoms with Crippen molar-refractivity contribution in [2.24, 2.45) is 11.8 Å². The van der Waals surface area contributed by atoms with Crippen LogP contribution < -0.4 is 0 Å². The van der Waals surface area contributed by atoms with Gasteiger partial charge >= 0.3 is 8.80 Å². The molecule has 0 aromatic rings. The van der Waals surface area contributed by atoms with Crippen molar-refractivity contribution in [2.45, 2.75) is 79.2 Å². The normalized spacial score (nSPS) is 15.0. The highest BCUT2D eigenvalue weighted by molar-refractivity contribution is 9.26. The van der Waals surface area contributed by atoms with E-state index >= 15 is 0 Å². The molecule has 0 aliphatic carbocycles. The third-order valence-electron chi connectivity index (χ3n) is 4.16. The van der Waals surface area contributed by atoms with Crippen LogP contribution in [0.4, 0.5) is 0 Å². The van der Waals surface area contributed by atoms with Crippen LogP contribution in [0.1, 0.15) is 47.5 Å². The van der Waals surface area contributed by atoms with E-state index in [9.17, 15) is 0 Å². The van der Waals surface area contributed by atoms with E-state index in [4.69, 9.17) is 13.3 Å². The van der Waals surface area contributed by atoms with Crippen molar-refractivity contribution in [3.63, 3.8) is 0 Å². The minimum Gasteiger partial charge on any atom is -0.374 e. The molecule has 2 atom stereocenters. The van der Waals surface area contributed by atoms with E-state index in [0.29, 0.717) is 25.7 Å². The van der Waals surface area contributed by atoms with E-state index in [1.54, 1.807) is 0 Å². The molecule has 0 aliphatic rings. The van der Waals surface area contributed by atoms with Gasteiger partial charge < -0.3 is 13.3 Å². The fourth-order valence-corrected chi connectivity index (χ4v) is 15.0. The first-order valence-electron chi connectivity index (χ1n) is 10.7. The van der Waals surface area contributed by atoms with Crippen molar-refractivity contribution in [3.05, 3.63) is 0 Å². The van der Waals surface area contributed by atoms with Crippen LogP contribution in [0.5, 0.6) is 0 Å². The SMILES string of the molecule is CCO[Si](CC(C)CCSSSSCCC(C)C[Si](C)(C)C)(OCC)OCC. The van der Waals surface area contributed by atoms with Crippen molar-refractivity contribution in [1.82, 2.24) is 0 Å². The van der Waals surface area contributed by atoms with E-state index in [1.807, 2.05) is 62.0 Å². The zero-order chi connectivity index (χ0) is 21.5. The molecule has 0 saturated carbocycles. The molecule has 0 radical (unpaired) electrons. The summed E-state index contributed by atoms with van der Waals surface area (Å²) >= 11 is 0. The first-order chi connectivity index (χ1) is 13.2. The van der Waals surface area contributed by atoms with Crippen LogP contribution in [-0.4, -0.2) is 48.2 Å². The summed E-state index contributed by atoms with van der Waals surface area (Å²) in [5.74, 6) is 3.87. The van der Waals surface area contributed by atoms with Crippen LogP contribution in [0.2, 0.25) is 31.7 Å². The molecule has 170 valence electrons. The lowest BCUT2D eigenvalue weighted by Gasteiger charge is -2.30. The standard InChI is InChI=1S/C19H44O3S4Si2/c1-9-20-28(21-10-2,22-11-3)17-19(5)13-15-24-26-25-23-14-12-18(4)16-27(6,7)8/h18-19H,9-17H2,1-8H3. The van der Waals surface area contributed by atoms with Gasteiger partial charge in [-0.05, 0) is 65.1 Å². The van der Waals surface area contributed by atoms with E-state index in [0.717, 1.165) is 12.0 Å². The summed E-state index contributed by atoms with van der Waals surface area (Å²) in [6.07, 6.45) is 2.53. The molecule has 0 N–H and O–H groups in total. The number of rotatable bonds is 19. The molecule has 0 fully saturated rings. The summed E-state index contributed by atoms with van der Waals surface area (Å²) in [5, 5.41) is 0. The quantitative estimate of drug-likeness (QED) is 0.0996. The Morgan fingerprint density at radius 1 is 0.679 bits per heavy atom. The van der Waals surface area contributed by atoms with Gasteiger partial charge in [0.05, 0.1) is 0 Å². The van der Waals surface area contributed by atoms with Crippen molar-refractivity contribution in [1.29, 1.82) is 0 Å². The zero-order valence-electron chi connectivity index (χ0n) is 19.4. The molecule has 2 unspecified atom stereocenters. The van der Waals surface area contributed by atoms with Gasteiger partial charge in [-0.2, -0.15) is 0 Å². The highest BCUT2D eigenvalue weighted by atomic mass is 33.7. The molecule has 0 saturated heterocycles. The minimum absolute atomic E-state index is 0.560. The van der Waals surface area contributed by atoms with Gasteiger partial charge in [-0.1, -0.05) is 61.1 Å². The second-order valence-electron chi connectivity index (χ2n) is 8.52. The Labute approximate surface area is 192 Å². The molecule has 0 rings (SSSR count). The van der Waals surface area contributed by atoms with Crippen molar-refractivity contribution in [2.75, 3.05) is 31.3 Å². The Morgan fingerprint density at radius 3 is 1.43 bits per heavy atom. The molecule has 0 amide bonds. The molecule has 0 aromatic heterocycles. The molecule has 0 heterocycles. The van der Waals surface area contributed by atoms with Gasteiger partial charge in [0.25, 0.3) is 0 Å². The van der Waals surface area contributed by atoms with Crippen LogP contribution in [0, 0.1) is 11.8 Å². The number of hydrogen-bond donors (Lipinski definition) is 0. The summed E-state index contributed by atoms with van der Waals surface area (Å²) < 4.78 is 17.9. The van der Waals surface area contributed by atoms with Crippen LogP contribution in [0.3, 0.4) is 0 Å². The van der Waals surface area contributed by atoms with Gasteiger partial charge in [0, 0.05) is 45.4 Å². The van der Waals surface area contributed by atoms with Crippen LogP contribution in [-0.2, 0) is 13.3 Å². The lowest BCUT2D eigenvalue weighted by Crippen LogP contribution is -2.47. The van der Waals surface area contributed by atoms with E-state index in [-0.39, 0.29) is 0 Å².